The van der Waals surface area contributed by atoms with Crippen molar-refractivity contribution < 1.29 is 13.9 Å². The average Bonchev–Trinajstić information content (AvgIpc) is 2.20. The van der Waals surface area contributed by atoms with Crippen molar-refractivity contribution in [3.8, 4) is 0 Å². The highest BCUT2D eigenvalue weighted by atomic mass is 19.1. The molecule has 0 spiro atoms. The largest absolute Gasteiger partial charge is 0.388 e. The summed E-state index contributed by atoms with van der Waals surface area (Å²) in [4.78, 5) is 0. The molecule has 1 rings (SSSR count). The van der Waals surface area contributed by atoms with E-state index in [-0.39, 0.29) is 12.1 Å². The molecular weight excluding hydrogens is 200 g/mol. The van der Waals surface area contributed by atoms with E-state index < -0.39 is 23.2 Å². The molecule has 84 valence electrons. The van der Waals surface area contributed by atoms with Crippen LogP contribution < -0.4 is 5.73 Å². The highest BCUT2D eigenvalue weighted by Gasteiger charge is 2.29. The first-order chi connectivity index (χ1) is 6.88. The maximum absolute atomic E-state index is 13.3. The second kappa shape index (κ2) is 4.24. The van der Waals surface area contributed by atoms with E-state index in [1.165, 1.54) is 0 Å². The summed E-state index contributed by atoms with van der Waals surface area (Å²) < 4.78 is 26.2. The van der Waals surface area contributed by atoms with Crippen LogP contribution in [0.3, 0.4) is 0 Å². The quantitative estimate of drug-likeness (QED) is 0.809. The molecule has 0 radical (unpaired) electrons. The van der Waals surface area contributed by atoms with Crippen LogP contribution in [0.1, 0.15) is 25.5 Å². The standard InChI is InChI=1S/C11H15F2NO/c1-11(2,6-14)10(15)8-5-7(12)3-4-9(8)13/h3-5,10,15H,6,14H2,1-2H3. The van der Waals surface area contributed by atoms with Crippen molar-refractivity contribution in [2.24, 2.45) is 11.1 Å². The molecule has 0 amide bonds. The van der Waals surface area contributed by atoms with Gasteiger partial charge in [-0.05, 0) is 18.2 Å². The zero-order valence-corrected chi connectivity index (χ0v) is 8.80. The van der Waals surface area contributed by atoms with Crippen molar-refractivity contribution in [1.82, 2.24) is 0 Å². The first-order valence-corrected chi connectivity index (χ1v) is 4.71. The molecule has 0 aliphatic rings. The summed E-state index contributed by atoms with van der Waals surface area (Å²) in [7, 11) is 0. The second-order valence-electron chi connectivity index (χ2n) is 4.26. The Hall–Kier alpha value is -1.00. The Morgan fingerprint density at radius 3 is 2.53 bits per heavy atom. The van der Waals surface area contributed by atoms with Crippen LogP contribution in [0.2, 0.25) is 0 Å². The number of benzene rings is 1. The Bertz CT molecular complexity index is 352. The van der Waals surface area contributed by atoms with Crippen molar-refractivity contribution in [2.75, 3.05) is 6.54 Å². The van der Waals surface area contributed by atoms with Crippen LogP contribution in [0.25, 0.3) is 0 Å². The van der Waals surface area contributed by atoms with E-state index in [9.17, 15) is 13.9 Å². The third kappa shape index (κ3) is 2.52. The minimum atomic E-state index is -1.11. The van der Waals surface area contributed by atoms with E-state index in [1.807, 2.05) is 0 Å². The van der Waals surface area contributed by atoms with Crippen LogP contribution in [-0.4, -0.2) is 11.7 Å². The zero-order chi connectivity index (χ0) is 11.6. The fraction of sp³-hybridized carbons (Fsp3) is 0.455. The summed E-state index contributed by atoms with van der Waals surface area (Å²) in [6.45, 7) is 3.58. The van der Waals surface area contributed by atoms with Crippen molar-refractivity contribution in [2.45, 2.75) is 20.0 Å². The van der Waals surface area contributed by atoms with E-state index in [1.54, 1.807) is 13.8 Å². The molecule has 4 heteroatoms. The number of nitrogens with two attached hydrogens (primary N) is 1. The average molecular weight is 215 g/mol. The van der Waals surface area contributed by atoms with Gasteiger partial charge in [0, 0.05) is 17.5 Å². The fourth-order valence-corrected chi connectivity index (χ4v) is 1.26. The third-order valence-electron chi connectivity index (χ3n) is 2.52. The lowest BCUT2D eigenvalue weighted by Crippen LogP contribution is -2.31. The van der Waals surface area contributed by atoms with E-state index in [0.29, 0.717) is 0 Å². The minimum absolute atomic E-state index is 0.0505. The Balaban J connectivity index is 3.10. The normalized spacial score (nSPS) is 14.0. The van der Waals surface area contributed by atoms with E-state index in [0.717, 1.165) is 18.2 Å². The van der Waals surface area contributed by atoms with Gasteiger partial charge >= 0.3 is 0 Å². The lowest BCUT2D eigenvalue weighted by atomic mass is 9.82. The minimum Gasteiger partial charge on any atom is -0.388 e. The van der Waals surface area contributed by atoms with Crippen LogP contribution in [0.5, 0.6) is 0 Å². The predicted molar refractivity (Wildman–Crippen MR) is 54.2 cm³/mol. The van der Waals surface area contributed by atoms with Crippen LogP contribution in [0.15, 0.2) is 18.2 Å². The van der Waals surface area contributed by atoms with Gasteiger partial charge in [0.05, 0.1) is 6.10 Å². The van der Waals surface area contributed by atoms with Gasteiger partial charge in [-0.2, -0.15) is 0 Å². The Morgan fingerprint density at radius 1 is 1.40 bits per heavy atom. The Kier molecular flexibility index (Phi) is 3.42. The molecule has 1 aromatic carbocycles. The third-order valence-corrected chi connectivity index (χ3v) is 2.52. The summed E-state index contributed by atoms with van der Waals surface area (Å²) in [5, 5.41) is 9.87. The molecule has 3 N–H and O–H groups in total. The maximum Gasteiger partial charge on any atom is 0.129 e. The molecule has 0 fully saturated rings. The highest BCUT2D eigenvalue weighted by molar-refractivity contribution is 5.22. The molecule has 0 heterocycles. The van der Waals surface area contributed by atoms with Gasteiger partial charge < -0.3 is 10.8 Å². The lowest BCUT2D eigenvalue weighted by molar-refractivity contribution is 0.0521. The van der Waals surface area contributed by atoms with E-state index in [4.69, 9.17) is 5.73 Å². The Labute approximate surface area is 87.7 Å². The molecule has 0 saturated carbocycles. The number of hydrogen-bond acceptors (Lipinski definition) is 2. The van der Waals surface area contributed by atoms with Gasteiger partial charge in [-0.15, -0.1) is 0 Å². The van der Waals surface area contributed by atoms with Gasteiger partial charge in [-0.3, -0.25) is 0 Å². The van der Waals surface area contributed by atoms with Gasteiger partial charge in [-0.1, -0.05) is 13.8 Å². The molecule has 1 atom stereocenters. The first-order valence-electron chi connectivity index (χ1n) is 4.71. The zero-order valence-electron chi connectivity index (χ0n) is 8.80. The van der Waals surface area contributed by atoms with E-state index >= 15 is 0 Å². The second-order valence-corrected chi connectivity index (χ2v) is 4.26. The summed E-state index contributed by atoms with van der Waals surface area (Å²) in [6, 6.07) is 3.01. The van der Waals surface area contributed by atoms with Gasteiger partial charge in [0.25, 0.3) is 0 Å². The molecule has 0 aliphatic heterocycles. The predicted octanol–water partition coefficient (Wildman–Crippen LogP) is 1.98. The van der Waals surface area contributed by atoms with Crippen molar-refractivity contribution >= 4 is 0 Å². The van der Waals surface area contributed by atoms with Gasteiger partial charge in [0.15, 0.2) is 0 Å². The van der Waals surface area contributed by atoms with Crippen molar-refractivity contribution in [1.29, 1.82) is 0 Å². The van der Waals surface area contributed by atoms with Gasteiger partial charge in [0.2, 0.25) is 0 Å². The number of aliphatic hydroxyl groups is 1. The molecule has 0 bridgehead atoms. The van der Waals surface area contributed by atoms with Crippen LogP contribution in [-0.2, 0) is 0 Å². The summed E-state index contributed by atoms with van der Waals surface area (Å²) in [5.41, 5.74) is 4.72. The molecule has 15 heavy (non-hydrogen) atoms. The summed E-state index contributed by atoms with van der Waals surface area (Å²) >= 11 is 0. The summed E-state index contributed by atoms with van der Waals surface area (Å²) in [6.07, 6.45) is -1.11. The monoisotopic (exact) mass is 215 g/mol. The van der Waals surface area contributed by atoms with Crippen LogP contribution >= 0.6 is 0 Å². The number of rotatable bonds is 3. The molecule has 2 nitrogen and oxygen atoms in total. The summed E-state index contributed by atoms with van der Waals surface area (Å²) in [5.74, 6) is -1.19. The molecular formula is C11H15F2NO. The number of aliphatic hydroxyl groups excluding tert-OH is 1. The van der Waals surface area contributed by atoms with Gasteiger partial charge in [0.1, 0.15) is 11.6 Å². The van der Waals surface area contributed by atoms with E-state index in [2.05, 4.69) is 0 Å². The maximum atomic E-state index is 13.3. The molecule has 0 saturated heterocycles. The SMILES string of the molecule is CC(C)(CN)C(O)c1cc(F)ccc1F. The number of hydrogen-bond donors (Lipinski definition) is 2. The lowest BCUT2D eigenvalue weighted by Gasteiger charge is -2.29. The Morgan fingerprint density at radius 2 is 2.00 bits per heavy atom. The smallest absolute Gasteiger partial charge is 0.129 e. The van der Waals surface area contributed by atoms with Gasteiger partial charge in [-0.25, -0.2) is 8.78 Å². The van der Waals surface area contributed by atoms with Crippen molar-refractivity contribution in [3.05, 3.63) is 35.4 Å². The molecule has 0 aliphatic carbocycles. The molecule has 1 unspecified atom stereocenters. The molecule has 0 aromatic heterocycles. The van der Waals surface area contributed by atoms with Crippen LogP contribution in [0.4, 0.5) is 8.78 Å². The highest BCUT2D eigenvalue weighted by Crippen LogP contribution is 2.33. The topological polar surface area (TPSA) is 46.2 Å². The fourth-order valence-electron chi connectivity index (χ4n) is 1.26. The van der Waals surface area contributed by atoms with Crippen LogP contribution in [0, 0.1) is 17.0 Å². The van der Waals surface area contributed by atoms with Crippen molar-refractivity contribution in [3.63, 3.8) is 0 Å². The number of halogens is 2. The molecule has 1 aromatic rings. The first kappa shape index (κ1) is 12.1.